The average Bonchev–Trinajstić information content (AvgIpc) is 2.86. The number of carbonyl (C=O) groups is 1. The lowest BCUT2D eigenvalue weighted by Crippen LogP contribution is -2.39. The molecule has 8 heteroatoms. The van der Waals surface area contributed by atoms with E-state index >= 15 is 0 Å². The van der Waals surface area contributed by atoms with E-state index in [4.69, 9.17) is 9.47 Å². The van der Waals surface area contributed by atoms with Crippen molar-refractivity contribution >= 4 is 22.6 Å². The summed E-state index contributed by atoms with van der Waals surface area (Å²) in [7, 11) is 0. The Balaban J connectivity index is 1.25. The molecule has 0 unspecified atom stereocenters. The second-order valence-electron chi connectivity index (χ2n) is 8.27. The number of hydrogen-bond donors (Lipinski definition) is 1. The van der Waals surface area contributed by atoms with Gasteiger partial charge in [0.25, 0.3) is 5.91 Å². The highest BCUT2D eigenvalue weighted by Gasteiger charge is 2.25. The van der Waals surface area contributed by atoms with E-state index in [1.165, 1.54) is 0 Å². The molecule has 3 aromatic rings. The van der Waals surface area contributed by atoms with Gasteiger partial charge in [-0.2, -0.15) is 0 Å². The van der Waals surface area contributed by atoms with Crippen LogP contribution in [0.5, 0.6) is 5.75 Å². The van der Waals surface area contributed by atoms with Crippen molar-refractivity contribution in [1.82, 2.24) is 20.3 Å². The third-order valence-electron chi connectivity index (χ3n) is 6.13. The number of rotatable bonds is 5. The second-order valence-corrected chi connectivity index (χ2v) is 8.27. The van der Waals surface area contributed by atoms with E-state index in [-0.39, 0.29) is 18.1 Å². The number of anilines is 1. The van der Waals surface area contributed by atoms with Crippen LogP contribution in [0.2, 0.25) is 0 Å². The number of nitrogens with one attached hydrogen (secondary N) is 1. The van der Waals surface area contributed by atoms with Crippen molar-refractivity contribution in [3.8, 4) is 5.75 Å². The molecule has 1 aliphatic carbocycles. The van der Waals surface area contributed by atoms with E-state index in [1.807, 2.05) is 0 Å². The third kappa shape index (κ3) is 4.65. The highest BCUT2D eigenvalue weighted by atomic mass is 16.5. The quantitative estimate of drug-likeness (QED) is 0.662. The fourth-order valence-corrected chi connectivity index (χ4v) is 4.39. The highest BCUT2D eigenvalue weighted by Crippen LogP contribution is 2.33. The summed E-state index contributed by atoms with van der Waals surface area (Å²) in [5, 5.41) is 3.13. The molecule has 1 saturated heterocycles. The van der Waals surface area contributed by atoms with Crippen LogP contribution < -0.4 is 15.0 Å². The maximum Gasteiger partial charge on any atom is 0.253 e. The molecule has 5 rings (SSSR count). The molecule has 3 heterocycles. The minimum Gasteiger partial charge on any atom is -0.488 e. The largest absolute Gasteiger partial charge is 0.488 e. The second kappa shape index (κ2) is 9.48. The SMILES string of the molecule is O=C(NC1CCC(Oc2cc(N3CCOCC3)cc3nccnc23)CC1)c1cccnc1. The first-order valence-corrected chi connectivity index (χ1v) is 11.2. The number of carbonyl (C=O) groups excluding carboxylic acids is 1. The zero-order chi connectivity index (χ0) is 21.8. The molecule has 0 atom stereocenters. The van der Waals surface area contributed by atoms with E-state index in [0.29, 0.717) is 5.56 Å². The van der Waals surface area contributed by atoms with Crippen molar-refractivity contribution < 1.29 is 14.3 Å². The first kappa shape index (κ1) is 20.6. The Morgan fingerprint density at radius 1 is 1.06 bits per heavy atom. The lowest BCUT2D eigenvalue weighted by atomic mass is 9.92. The molecule has 1 amide bonds. The van der Waals surface area contributed by atoms with Crippen LogP contribution >= 0.6 is 0 Å². The van der Waals surface area contributed by atoms with Crippen LogP contribution in [-0.4, -0.2) is 59.3 Å². The number of aromatic nitrogens is 3. The molecule has 0 spiro atoms. The summed E-state index contributed by atoms with van der Waals surface area (Å²) in [5.74, 6) is 0.710. The van der Waals surface area contributed by atoms with Crippen molar-refractivity contribution in [2.45, 2.75) is 37.8 Å². The zero-order valence-electron chi connectivity index (χ0n) is 17.9. The molecule has 1 aliphatic heterocycles. The Labute approximate surface area is 187 Å². The van der Waals surface area contributed by atoms with Crippen molar-refractivity contribution in [3.63, 3.8) is 0 Å². The third-order valence-corrected chi connectivity index (χ3v) is 6.13. The van der Waals surface area contributed by atoms with Crippen LogP contribution in [0.25, 0.3) is 11.0 Å². The molecule has 1 aromatic carbocycles. The summed E-state index contributed by atoms with van der Waals surface area (Å²) in [5.41, 5.74) is 3.31. The van der Waals surface area contributed by atoms with E-state index in [9.17, 15) is 4.79 Å². The van der Waals surface area contributed by atoms with Gasteiger partial charge in [0, 0.05) is 55.7 Å². The van der Waals surface area contributed by atoms with Gasteiger partial charge in [0.05, 0.1) is 30.4 Å². The lowest BCUT2D eigenvalue weighted by Gasteiger charge is -2.31. The Morgan fingerprint density at radius 3 is 2.66 bits per heavy atom. The Bertz CT molecular complexity index is 1060. The molecule has 0 radical (unpaired) electrons. The smallest absolute Gasteiger partial charge is 0.253 e. The normalized spacial score (nSPS) is 21.3. The van der Waals surface area contributed by atoms with E-state index in [1.54, 1.807) is 36.9 Å². The van der Waals surface area contributed by atoms with Gasteiger partial charge in [-0.25, -0.2) is 4.98 Å². The van der Waals surface area contributed by atoms with Gasteiger partial charge in [-0.05, 0) is 43.9 Å². The Kier molecular flexibility index (Phi) is 6.11. The van der Waals surface area contributed by atoms with Crippen LogP contribution in [0.4, 0.5) is 5.69 Å². The standard InChI is InChI=1S/C24H27N5O3/c30-24(17-2-1-7-25-16-17)28-18-3-5-20(6-4-18)32-22-15-19(29-10-12-31-13-11-29)14-21-23(22)27-9-8-26-21/h1-2,7-9,14-16,18,20H,3-6,10-13H2,(H,28,30). The molecule has 2 fully saturated rings. The fraction of sp³-hybridized carbons (Fsp3) is 0.417. The summed E-state index contributed by atoms with van der Waals surface area (Å²) < 4.78 is 11.9. The number of pyridine rings is 1. The van der Waals surface area contributed by atoms with Gasteiger partial charge in [-0.15, -0.1) is 0 Å². The van der Waals surface area contributed by atoms with Gasteiger partial charge in [0.1, 0.15) is 11.3 Å². The van der Waals surface area contributed by atoms with Crippen LogP contribution in [-0.2, 0) is 4.74 Å². The Morgan fingerprint density at radius 2 is 1.88 bits per heavy atom. The van der Waals surface area contributed by atoms with Crippen LogP contribution in [0, 0.1) is 0 Å². The summed E-state index contributed by atoms with van der Waals surface area (Å²) in [6, 6.07) is 7.87. The van der Waals surface area contributed by atoms with Crippen molar-refractivity contribution in [1.29, 1.82) is 0 Å². The first-order chi connectivity index (χ1) is 15.8. The molecule has 32 heavy (non-hydrogen) atoms. The van der Waals surface area contributed by atoms with Gasteiger partial charge >= 0.3 is 0 Å². The van der Waals surface area contributed by atoms with E-state index in [2.05, 4.69) is 37.3 Å². The Hall–Kier alpha value is -3.26. The molecule has 2 aliphatic rings. The van der Waals surface area contributed by atoms with Gasteiger partial charge in [0.2, 0.25) is 0 Å². The van der Waals surface area contributed by atoms with Crippen LogP contribution in [0.3, 0.4) is 0 Å². The molecule has 2 aromatic heterocycles. The number of amides is 1. The van der Waals surface area contributed by atoms with Gasteiger partial charge in [-0.1, -0.05) is 0 Å². The maximum atomic E-state index is 12.4. The molecule has 8 nitrogen and oxygen atoms in total. The molecular weight excluding hydrogens is 406 g/mol. The van der Waals surface area contributed by atoms with Gasteiger partial charge in [0.15, 0.2) is 0 Å². The number of hydrogen-bond acceptors (Lipinski definition) is 7. The van der Waals surface area contributed by atoms with Crippen molar-refractivity contribution in [2.75, 3.05) is 31.2 Å². The van der Waals surface area contributed by atoms with E-state index < -0.39 is 0 Å². The topological polar surface area (TPSA) is 89.5 Å². The molecule has 166 valence electrons. The van der Waals surface area contributed by atoms with E-state index in [0.717, 1.165) is 74.5 Å². The van der Waals surface area contributed by atoms with Crippen LogP contribution in [0.15, 0.2) is 49.1 Å². The van der Waals surface area contributed by atoms with Gasteiger partial charge in [-0.3, -0.25) is 14.8 Å². The summed E-state index contributed by atoms with van der Waals surface area (Å²) in [4.78, 5) is 27.8. The number of benzene rings is 1. The number of morpholine rings is 1. The molecule has 1 saturated carbocycles. The summed E-state index contributed by atoms with van der Waals surface area (Å²) in [6.07, 6.45) is 10.3. The van der Waals surface area contributed by atoms with Crippen molar-refractivity contribution in [3.05, 3.63) is 54.6 Å². The molecular formula is C24H27N5O3. The average molecular weight is 434 g/mol. The predicted octanol–water partition coefficient (Wildman–Crippen LogP) is 2.98. The first-order valence-electron chi connectivity index (χ1n) is 11.2. The van der Waals surface area contributed by atoms with Crippen molar-refractivity contribution in [2.24, 2.45) is 0 Å². The fourth-order valence-electron chi connectivity index (χ4n) is 4.39. The molecule has 0 bridgehead atoms. The highest BCUT2D eigenvalue weighted by molar-refractivity contribution is 5.94. The number of fused-ring (bicyclic) bond motifs is 1. The zero-order valence-corrected chi connectivity index (χ0v) is 17.9. The lowest BCUT2D eigenvalue weighted by molar-refractivity contribution is 0.0894. The summed E-state index contributed by atoms with van der Waals surface area (Å²) >= 11 is 0. The molecule has 1 N–H and O–H groups in total. The maximum absolute atomic E-state index is 12.4. The summed E-state index contributed by atoms with van der Waals surface area (Å²) in [6.45, 7) is 3.16. The van der Waals surface area contributed by atoms with Crippen LogP contribution in [0.1, 0.15) is 36.0 Å². The minimum absolute atomic E-state index is 0.0676. The number of nitrogens with zero attached hydrogens (tertiary/aromatic N) is 4. The minimum atomic E-state index is -0.0676. The van der Waals surface area contributed by atoms with Gasteiger partial charge < -0.3 is 19.7 Å². The monoisotopic (exact) mass is 433 g/mol. The predicted molar refractivity (Wildman–Crippen MR) is 121 cm³/mol. The number of ether oxygens (including phenoxy) is 2.